The van der Waals surface area contributed by atoms with Crippen LogP contribution >= 0.6 is 0 Å². The van der Waals surface area contributed by atoms with E-state index in [9.17, 15) is 9.59 Å². The van der Waals surface area contributed by atoms with E-state index in [1.54, 1.807) is 0 Å². The predicted octanol–water partition coefficient (Wildman–Crippen LogP) is 3.12. The lowest BCUT2D eigenvalue weighted by Gasteiger charge is -2.45. The Morgan fingerprint density at radius 2 is 1.63 bits per heavy atom. The smallest absolute Gasteiger partial charge is 0.227 e. The molecule has 0 aromatic heterocycles. The van der Waals surface area contributed by atoms with Crippen molar-refractivity contribution in [2.75, 3.05) is 19.6 Å². The van der Waals surface area contributed by atoms with Gasteiger partial charge in [0.1, 0.15) is 0 Å². The van der Waals surface area contributed by atoms with Gasteiger partial charge in [-0.05, 0) is 30.4 Å². The molecule has 2 fully saturated rings. The lowest BCUT2D eigenvalue weighted by molar-refractivity contribution is -0.139. The molecule has 0 aliphatic carbocycles. The van der Waals surface area contributed by atoms with Crippen molar-refractivity contribution in [3.05, 3.63) is 71.8 Å². The normalized spacial score (nSPS) is 22.1. The number of hydrogen-bond donors (Lipinski definition) is 1. The Kier molecular flexibility index (Phi) is 4.97. The highest BCUT2D eigenvalue weighted by atomic mass is 16.2. The Morgan fingerprint density at radius 1 is 1.00 bits per heavy atom. The third-order valence-electron chi connectivity index (χ3n) is 6.07. The van der Waals surface area contributed by atoms with Gasteiger partial charge in [0.05, 0.1) is 5.92 Å². The van der Waals surface area contributed by atoms with Gasteiger partial charge in [-0.1, -0.05) is 60.7 Å². The molecule has 0 bridgehead atoms. The molecule has 2 aliphatic heterocycles. The van der Waals surface area contributed by atoms with Crippen molar-refractivity contribution in [2.45, 2.75) is 31.1 Å². The third kappa shape index (κ3) is 3.48. The van der Waals surface area contributed by atoms with Crippen LogP contribution in [0, 0.1) is 5.92 Å². The number of nitrogens with one attached hydrogen (secondary N) is 1. The molecule has 2 aromatic rings. The number of carbonyl (C=O) groups excluding carboxylic acids is 2. The molecule has 0 spiro atoms. The van der Waals surface area contributed by atoms with E-state index < -0.39 is 0 Å². The minimum atomic E-state index is -0.172. The Morgan fingerprint density at radius 3 is 2.19 bits per heavy atom. The Bertz CT molecular complexity index is 754. The summed E-state index contributed by atoms with van der Waals surface area (Å²) >= 11 is 0. The molecule has 2 amide bonds. The van der Waals surface area contributed by atoms with Crippen molar-refractivity contribution in [3.63, 3.8) is 0 Å². The van der Waals surface area contributed by atoms with Crippen molar-refractivity contribution < 1.29 is 9.59 Å². The number of nitrogens with zero attached hydrogens (tertiary/aromatic N) is 1. The van der Waals surface area contributed by atoms with Crippen molar-refractivity contribution in [2.24, 2.45) is 5.92 Å². The summed E-state index contributed by atoms with van der Waals surface area (Å²) in [6.07, 6.45) is 3.12. The fourth-order valence-electron chi connectivity index (χ4n) is 4.60. The average Bonchev–Trinajstić information content (AvgIpc) is 2.75. The van der Waals surface area contributed by atoms with Crippen LogP contribution in [0.15, 0.2) is 60.7 Å². The van der Waals surface area contributed by atoms with Gasteiger partial charge in [0.25, 0.3) is 0 Å². The number of hydrogen-bond acceptors (Lipinski definition) is 2. The van der Waals surface area contributed by atoms with E-state index in [4.69, 9.17) is 0 Å². The number of benzene rings is 2. The topological polar surface area (TPSA) is 49.4 Å². The third-order valence-corrected chi connectivity index (χ3v) is 6.07. The molecule has 2 saturated heterocycles. The highest BCUT2D eigenvalue weighted by Crippen LogP contribution is 2.40. The summed E-state index contributed by atoms with van der Waals surface area (Å²) in [6, 6.07) is 21.1. The zero-order chi connectivity index (χ0) is 18.7. The molecule has 4 heteroatoms. The maximum atomic E-state index is 13.2. The van der Waals surface area contributed by atoms with E-state index in [1.807, 2.05) is 17.0 Å². The SMILES string of the molecule is O=C1CCC(C(=O)N2CCCC(c3ccccc3)(c3ccccc3)C2)CN1. The second-order valence-corrected chi connectivity index (χ2v) is 7.72. The van der Waals surface area contributed by atoms with Gasteiger partial charge in [-0.3, -0.25) is 9.59 Å². The molecule has 4 rings (SSSR count). The molecule has 0 radical (unpaired) electrons. The molecule has 0 saturated carbocycles. The molecular formula is C23H26N2O2. The summed E-state index contributed by atoms with van der Waals surface area (Å²) in [4.78, 5) is 26.7. The van der Waals surface area contributed by atoms with Gasteiger partial charge in [-0.25, -0.2) is 0 Å². The highest BCUT2D eigenvalue weighted by molar-refractivity contribution is 5.84. The first-order valence-corrected chi connectivity index (χ1v) is 9.86. The first-order valence-electron chi connectivity index (χ1n) is 9.86. The molecular weight excluding hydrogens is 336 g/mol. The van der Waals surface area contributed by atoms with Gasteiger partial charge >= 0.3 is 0 Å². The number of piperidine rings is 2. The lowest BCUT2D eigenvalue weighted by atomic mass is 9.69. The highest BCUT2D eigenvalue weighted by Gasteiger charge is 2.41. The van der Waals surface area contributed by atoms with Crippen molar-refractivity contribution in [1.82, 2.24) is 10.2 Å². The monoisotopic (exact) mass is 362 g/mol. The Labute approximate surface area is 160 Å². The van der Waals surface area contributed by atoms with Crippen LogP contribution in [0.4, 0.5) is 0 Å². The molecule has 4 nitrogen and oxygen atoms in total. The van der Waals surface area contributed by atoms with Gasteiger partial charge in [0.15, 0.2) is 0 Å². The molecule has 27 heavy (non-hydrogen) atoms. The van der Waals surface area contributed by atoms with Crippen LogP contribution in [-0.4, -0.2) is 36.3 Å². The van der Waals surface area contributed by atoms with Crippen LogP contribution in [0.3, 0.4) is 0 Å². The number of likely N-dealkylation sites (tertiary alicyclic amines) is 1. The van der Waals surface area contributed by atoms with Crippen LogP contribution in [0.1, 0.15) is 36.8 Å². The lowest BCUT2D eigenvalue weighted by Crippen LogP contribution is -2.52. The van der Waals surface area contributed by atoms with E-state index in [0.717, 1.165) is 19.4 Å². The van der Waals surface area contributed by atoms with E-state index >= 15 is 0 Å². The number of amides is 2. The zero-order valence-electron chi connectivity index (χ0n) is 15.6. The summed E-state index contributed by atoms with van der Waals surface area (Å²) in [6.45, 7) is 1.97. The van der Waals surface area contributed by atoms with Crippen LogP contribution < -0.4 is 5.32 Å². The van der Waals surface area contributed by atoms with Crippen LogP contribution in [-0.2, 0) is 15.0 Å². The maximum absolute atomic E-state index is 13.2. The molecule has 1 N–H and O–H groups in total. The summed E-state index contributed by atoms with van der Waals surface area (Å²) in [5.41, 5.74) is 2.37. The molecule has 1 unspecified atom stereocenters. The van der Waals surface area contributed by atoms with Gasteiger partial charge in [0.2, 0.25) is 11.8 Å². The second-order valence-electron chi connectivity index (χ2n) is 7.72. The van der Waals surface area contributed by atoms with E-state index in [2.05, 4.69) is 53.8 Å². The largest absolute Gasteiger partial charge is 0.355 e. The minimum Gasteiger partial charge on any atom is -0.355 e. The van der Waals surface area contributed by atoms with Crippen LogP contribution in [0.2, 0.25) is 0 Å². The summed E-state index contributed by atoms with van der Waals surface area (Å²) in [5, 5.41) is 2.85. The molecule has 140 valence electrons. The second kappa shape index (κ2) is 7.55. The first-order chi connectivity index (χ1) is 13.2. The van der Waals surface area contributed by atoms with Gasteiger partial charge in [-0.2, -0.15) is 0 Å². The number of carbonyl (C=O) groups is 2. The fraction of sp³-hybridized carbons (Fsp3) is 0.391. The number of rotatable bonds is 3. The van der Waals surface area contributed by atoms with Crippen molar-refractivity contribution in [3.8, 4) is 0 Å². The van der Waals surface area contributed by atoms with Gasteiger partial charge < -0.3 is 10.2 Å². The quantitative estimate of drug-likeness (QED) is 0.912. The molecule has 2 aliphatic rings. The van der Waals surface area contributed by atoms with Gasteiger partial charge in [0, 0.05) is 31.5 Å². The maximum Gasteiger partial charge on any atom is 0.227 e. The van der Waals surface area contributed by atoms with Gasteiger partial charge in [-0.15, -0.1) is 0 Å². The van der Waals surface area contributed by atoms with Crippen LogP contribution in [0.25, 0.3) is 0 Å². The minimum absolute atomic E-state index is 0.0561. The van der Waals surface area contributed by atoms with E-state index in [0.29, 0.717) is 25.9 Å². The predicted molar refractivity (Wildman–Crippen MR) is 105 cm³/mol. The molecule has 1 atom stereocenters. The summed E-state index contributed by atoms with van der Waals surface area (Å²) in [5.74, 6) is 0.150. The standard InChI is InChI=1S/C23H26N2O2/c26-21-13-12-18(16-24-21)22(27)25-15-7-14-23(17-25,19-8-3-1-4-9-19)20-10-5-2-6-11-20/h1-6,8-11,18H,7,12-17H2,(H,24,26). The average molecular weight is 362 g/mol. The summed E-state index contributed by atoms with van der Waals surface area (Å²) in [7, 11) is 0. The molecule has 2 heterocycles. The Hall–Kier alpha value is -2.62. The first kappa shape index (κ1) is 17.8. The van der Waals surface area contributed by atoms with E-state index in [-0.39, 0.29) is 23.1 Å². The van der Waals surface area contributed by atoms with Crippen LogP contribution in [0.5, 0.6) is 0 Å². The zero-order valence-corrected chi connectivity index (χ0v) is 15.6. The summed E-state index contributed by atoms with van der Waals surface area (Å²) < 4.78 is 0. The van der Waals surface area contributed by atoms with Crippen molar-refractivity contribution in [1.29, 1.82) is 0 Å². The fourth-order valence-corrected chi connectivity index (χ4v) is 4.60. The molecule has 2 aromatic carbocycles. The van der Waals surface area contributed by atoms with E-state index in [1.165, 1.54) is 11.1 Å². The van der Waals surface area contributed by atoms with Crippen molar-refractivity contribution >= 4 is 11.8 Å². The Balaban J connectivity index is 1.64.